The highest BCUT2D eigenvalue weighted by molar-refractivity contribution is 8.15. The van der Waals surface area contributed by atoms with E-state index in [-0.39, 0.29) is 18.2 Å². The van der Waals surface area contributed by atoms with Gasteiger partial charge in [-0.25, -0.2) is 0 Å². The van der Waals surface area contributed by atoms with Gasteiger partial charge in [0.1, 0.15) is 5.25 Å². The third kappa shape index (κ3) is 4.28. The summed E-state index contributed by atoms with van der Waals surface area (Å²) in [5, 5.41) is 6.07. The summed E-state index contributed by atoms with van der Waals surface area (Å²) in [4.78, 5) is 28.3. The lowest BCUT2D eigenvalue weighted by Gasteiger charge is -2.12. The van der Waals surface area contributed by atoms with Crippen molar-refractivity contribution in [2.75, 3.05) is 10.6 Å². The Balaban J connectivity index is 1.60. The van der Waals surface area contributed by atoms with E-state index in [9.17, 15) is 9.59 Å². The Morgan fingerprint density at radius 2 is 1.76 bits per heavy atom. The van der Waals surface area contributed by atoms with E-state index in [1.807, 2.05) is 62.4 Å². The van der Waals surface area contributed by atoms with Crippen LogP contribution in [0.4, 0.5) is 11.4 Å². The first kappa shape index (κ1) is 17.2. The van der Waals surface area contributed by atoms with Gasteiger partial charge < -0.3 is 10.6 Å². The predicted octanol–water partition coefficient (Wildman–Crippen LogP) is 3.74. The van der Waals surface area contributed by atoms with Crippen LogP contribution in [0.1, 0.15) is 17.5 Å². The summed E-state index contributed by atoms with van der Waals surface area (Å²) in [6, 6.07) is 15.2. The third-order valence-corrected chi connectivity index (χ3v) is 4.95. The van der Waals surface area contributed by atoms with Gasteiger partial charge in [0.15, 0.2) is 5.17 Å². The van der Waals surface area contributed by atoms with E-state index in [4.69, 9.17) is 0 Å². The van der Waals surface area contributed by atoms with E-state index in [1.165, 1.54) is 11.8 Å². The van der Waals surface area contributed by atoms with Crippen LogP contribution in [0.25, 0.3) is 0 Å². The average Bonchev–Trinajstić information content (AvgIpc) is 2.91. The smallest absolute Gasteiger partial charge is 0.262 e. The van der Waals surface area contributed by atoms with Gasteiger partial charge >= 0.3 is 0 Å². The standard InChI is InChI=1S/C19H19N3O2S/c1-12-7-6-8-13(2)17(12)21-19-22-18(24)15(25-19)11-16(23)20-14-9-4-3-5-10-14/h3-10,15H,11H2,1-2H3,(H,20,23)(H,21,22,24). The molecule has 1 heterocycles. The summed E-state index contributed by atoms with van der Waals surface area (Å²) in [5.41, 5.74) is 3.84. The Labute approximate surface area is 150 Å². The summed E-state index contributed by atoms with van der Waals surface area (Å²) in [6.07, 6.45) is 0.0971. The summed E-state index contributed by atoms with van der Waals surface area (Å²) in [5.74, 6) is -0.470. The largest absolute Gasteiger partial charge is 0.334 e. The van der Waals surface area contributed by atoms with E-state index < -0.39 is 5.25 Å². The summed E-state index contributed by atoms with van der Waals surface area (Å²) < 4.78 is 0. The number of benzene rings is 2. The van der Waals surface area contributed by atoms with Gasteiger partial charge in [0.25, 0.3) is 5.91 Å². The monoisotopic (exact) mass is 353 g/mol. The first-order chi connectivity index (χ1) is 12.0. The maximum atomic E-state index is 12.1. The van der Waals surface area contributed by atoms with Crippen LogP contribution < -0.4 is 10.6 Å². The van der Waals surface area contributed by atoms with Crippen molar-refractivity contribution in [2.24, 2.45) is 4.99 Å². The van der Waals surface area contributed by atoms with Crippen LogP contribution in [0, 0.1) is 13.8 Å². The summed E-state index contributed by atoms with van der Waals surface area (Å²) >= 11 is 1.30. The zero-order valence-electron chi connectivity index (χ0n) is 14.1. The molecule has 0 spiro atoms. The molecule has 5 nitrogen and oxygen atoms in total. The number of carbonyl (C=O) groups excluding carboxylic acids is 2. The zero-order valence-corrected chi connectivity index (χ0v) is 14.9. The number of carbonyl (C=O) groups is 2. The SMILES string of the molecule is Cc1cccc(C)c1NC1=NC(=O)C(CC(=O)Nc2ccccc2)S1. The van der Waals surface area contributed by atoms with Gasteiger partial charge in [-0.2, -0.15) is 4.99 Å². The molecule has 1 aliphatic heterocycles. The minimum atomic E-state index is -0.490. The third-order valence-electron chi connectivity index (χ3n) is 3.88. The Bertz CT molecular complexity index is 814. The normalized spacial score (nSPS) is 16.5. The lowest BCUT2D eigenvalue weighted by Crippen LogP contribution is -2.21. The molecule has 0 saturated heterocycles. The molecule has 0 aliphatic carbocycles. The Kier molecular flexibility index (Phi) is 5.19. The van der Waals surface area contributed by atoms with Gasteiger partial charge in [0, 0.05) is 17.8 Å². The Morgan fingerprint density at radius 3 is 2.44 bits per heavy atom. The number of para-hydroxylation sites is 2. The van der Waals surface area contributed by atoms with Crippen LogP contribution >= 0.6 is 11.8 Å². The van der Waals surface area contributed by atoms with E-state index in [0.717, 1.165) is 22.5 Å². The van der Waals surface area contributed by atoms with Gasteiger partial charge in [0.2, 0.25) is 5.91 Å². The number of thioether (sulfide) groups is 1. The molecule has 2 N–H and O–H groups in total. The van der Waals surface area contributed by atoms with Crippen molar-refractivity contribution in [1.82, 2.24) is 0 Å². The molecule has 0 radical (unpaired) electrons. The van der Waals surface area contributed by atoms with Crippen LogP contribution in [0.15, 0.2) is 53.5 Å². The number of hydrogen-bond acceptors (Lipinski definition) is 4. The number of nitrogens with zero attached hydrogens (tertiary/aromatic N) is 1. The molecule has 1 unspecified atom stereocenters. The molecule has 2 aromatic carbocycles. The Hall–Kier alpha value is -2.60. The minimum absolute atomic E-state index is 0.0971. The molecule has 25 heavy (non-hydrogen) atoms. The second-order valence-electron chi connectivity index (χ2n) is 5.87. The molecule has 0 bridgehead atoms. The van der Waals surface area contributed by atoms with Crippen molar-refractivity contribution in [3.05, 3.63) is 59.7 Å². The van der Waals surface area contributed by atoms with Crippen molar-refractivity contribution in [2.45, 2.75) is 25.5 Å². The molecule has 2 amide bonds. The second-order valence-corrected chi connectivity index (χ2v) is 7.06. The highest BCUT2D eigenvalue weighted by Crippen LogP contribution is 2.28. The van der Waals surface area contributed by atoms with Crippen molar-refractivity contribution in [1.29, 1.82) is 0 Å². The topological polar surface area (TPSA) is 70.6 Å². The molecule has 2 aromatic rings. The van der Waals surface area contributed by atoms with Crippen LogP contribution in [0.3, 0.4) is 0 Å². The molecule has 1 aliphatic rings. The number of amidine groups is 1. The van der Waals surface area contributed by atoms with Gasteiger partial charge in [-0.3, -0.25) is 9.59 Å². The van der Waals surface area contributed by atoms with Crippen LogP contribution in [0.2, 0.25) is 0 Å². The molecule has 3 rings (SSSR count). The lowest BCUT2D eigenvalue weighted by atomic mass is 10.1. The van der Waals surface area contributed by atoms with Crippen LogP contribution in [-0.2, 0) is 9.59 Å². The fourth-order valence-corrected chi connectivity index (χ4v) is 3.55. The van der Waals surface area contributed by atoms with Gasteiger partial charge in [-0.05, 0) is 37.1 Å². The molecule has 128 valence electrons. The number of nitrogens with one attached hydrogen (secondary N) is 2. The lowest BCUT2D eigenvalue weighted by molar-refractivity contribution is -0.121. The molecular weight excluding hydrogens is 334 g/mol. The number of anilines is 2. The highest BCUT2D eigenvalue weighted by Gasteiger charge is 2.31. The fourth-order valence-electron chi connectivity index (χ4n) is 2.59. The van der Waals surface area contributed by atoms with E-state index in [1.54, 1.807) is 0 Å². The molecule has 0 fully saturated rings. The maximum Gasteiger partial charge on any atom is 0.262 e. The number of hydrogen-bond donors (Lipinski definition) is 2. The number of rotatable bonds is 4. The van der Waals surface area contributed by atoms with Crippen molar-refractivity contribution in [3.63, 3.8) is 0 Å². The average molecular weight is 353 g/mol. The summed E-state index contributed by atoms with van der Waals surface area (Å²) in [7, 11) is 0. The quantitative estimate of drug-likeness (QED) is 0.878. The number of aliphatic imine (C=N–C) groups is 1. The molecule has 0 saturated carbocycles. The molecule has 0 aromatic heterocycles. The fraction of sp³-hybridized carbons (Fsp3) is 0.211. The first-order valence-electron chi connectivity index (χ1n) is 8.00. The minimum Gasteiger partial charge on any atom is -0.334 e. The molecule has 6 heteroatoms. The number of aryl methyl sites for hydroxylation is 2. The van der Waals surface area contributed by atoms with Crippen molar-refractivity contribution in [3.8, 4) is 0 Å². The van der Waals surface area contributed by atoms with E-state index in [0.29, 0.717) is 5.17 Å². The highest BCUT2D eigenvalue weighted by atomic mass is 32.2. The predicted molar refractivity (Wildman–Crippen MR) is 103 cm³/mol. The molecular formula is C19H19N3O2S. The summed E-state index contributed by atoms with van der Waals surface area (Å²) in [6.45, 7) is 4.00. The van der Waals surface area contributed by atoms with Gasteiger partial charge in [-0.15, -0.1) is 0 Å². The zero-order chi connectivity index (χ0) is 17.8. The second kappa shape index (κ2) is 7.53. The Morgan fingerprint density at radius 1 is 1.08 bits per heavy atom. The number of amides is 2. The maximum absolute atomic E-state index is 12.1. The van der Waals surface area contributed by atoms with Gasteiger partial charge in [0.05, 0.1) is 0 Å². The van der Waals surface area contributed by atoms with Crippen LogP contribution in [-0.4, -0.2) is 22.2 Å². The van der Waals surface area contributed by atoms with Crippen LogP contribution in [0.5, 0.6) is 0 Å². The van der Waals surface area contributed by atoms with E-state index in [2.05, 4.69) is 15.6 Å². The van der Waals surface area contributed by atoms with Crippen molar-refractivity contribution < 1.29 is 9.59 Å². The molecule has 1 atom stereocenters. The first-order valence-corrected chi connectivity index (χ1v) is 8.88. The van der Waals surface area contributed by atoms with Gasteiger partial charge in [-0.1, -0.05) is 48.2 Å². The van der Waals surface area contributed by atoms with Crippen molar-refractivity contribution >= 4 is 40.1 Å². The van der Waals surface area contributed by atoms with E-state index >= 15 is 0 Å².